The lowest BCUT2D eigenvalue weighted by atomic mass is 10.2. The van der Waals surface area contributed by atoms with Crippen LogP contribution >= 0.6 is 0 Å². The first-order valence-corrected chi connectivity index (χ1v) is 3.90. The Hall–Kier alpha value is -1.81. The topological polar surface area (TPSA) is 83.5 Å². The van der Waals surface area contributed by atoms with Crippen LogP contribution in [0.25, 0.3) is 6.08 Å². The predicted octanol–water partition coefficient (Wildman–Crippen LogP) is 0.975. The lowest BCUT2D eigenvalue weighted by Crippen LogP contribution is -1.86. The van der Waals surface area contributed by atoms with Crippen LogP contribution in [0.3, 0.4) is 0 Å². The molecule has 0 amide bonds. The maximum atomic E-state index is 10.1. The molecule has 0 bridgehead atoms. The zero-order chi connectivity index (χ0) is 11.0. The summed E-state index contributed by atoms with van der Waals surface area (Å²) in [6.07, 6.45) is 2.60. The van der Waals surface area contributed by atoms with Crippen LogP contribution in [0.2, 0.25) is 0 Å². The van der Waals surface area contributed by atoms with Crippen molar-refractivity contribution in [3.05, 3.63) is 35.9 Å². The second kappa shape index (κ2) is 6.68. The number of carbonyl (C=O) groups is 1. The van der Waals surface area contributed by atoms with Gasteiger partial charge in [-0.2, -0.15) is 0 Å². The summed E-state index contributed by atoms with van der Waals surface area (Å²) in [6, 6.07) is 6.96. The van der Waals surface area contributed by atoms with Gasteiger partial charge in [0, 0.05) is 18.9 Å². The minimum Gasteiger partial charge on any atom is -0.478 e. The lowest BCUT2D eigenvalue weighted by molar-refractivity contribution is -0.131. The van der Waals surface area contributed by atoms with E-state index in [0.29, 0.717) is 5.69 Å². The van der Waals surface area contributed by atoms with Gasteiger partial charge in [-0.05, 0) is 23.8 Å². The van der Waals surface area contributed by atoms with E-state index in [0.717, 1.165) is 18.7 Å². The van der Waals surface area contributed by atoms with Crippen molar-refractivity contribution in [1.82, 2.24) is 0 Å². The van der Waals surface area contributed by atoms with E-state index in [9.17, 15) is 4.79 Å². The van der Waals surface area contributed by atoms with E-state index in [-0.39, 0.29) is 0 Å². The molecule has 14 heavy (non-hydrogen) atoms. The molecule has 4 N–H and O–H groups in total. The van der Waals surface area contributed by atoms with Gasteiger partial charge in [0.05, 0.1) is 0 Å². The van der Waals surface area contributed by atoms with E-state index in [4.69, 9.17) is 15.9 Å². The number of benzene rings is 1. The fourth-order valence-electron chi connectivity index (χ4n) is 0.775. The van der Waals surface area contributed by atoms with Crippen molar-refractivity contribution in [3.63, 3.8) is 0 Å². The summed E-state index contributed by atoms with van der Waals surface area (Å²) in [5, 5.41) is 15.3. The molecular weight excluding hydrogens is 182 g/mol. The highest BCUT2D eigenvalue weighted by Crippen LogP contribution is 2.06. The average Bonchev–Trinajstić information content (AvgIpc) is 2.20. The van der Waals surface area contributed by atoms with Crippen molar-refractivity contribution in [2.45, 2.75) is 0 Å². The van der Waals surface area contributed by atoms with Gasteiger partial charge in [0.2, 0.25) is 0 Å². The SMILES string of the molecule is CO.Nc1ccc(/C=C/C(=O)O)cc1. The molecular formula is C10H13NO3. The zero-order valence-corrected chi connectivity index (χ0v) is 7.84. The summed E-state index contributed by atoms with van der Waals surface area (Å²) in [7, 11) is 1.00. The van der Waals surface area contributed by atoms with E-state index in [1.54, 1.807) is 24.3 Å². The number of nitrogens with two attached hydrogens (primary N) is 1. The van der Waals surface area contributed by atoms with Gasteiger partial charge in [0.15, 0.2) is 0 Å². The fourth-order valence-corrected chi connectivity index (χ4v) is 0.775. The molecule has 1 aromatic carbocycles. The average molecular weight is 195 g/mol. The minimum atomic E-state index is -0.952. The van der Waals surface area contributed by atoms with Gasteiger partial charge in [0.1, 0.15) is 0 Å². The third-order valence-electron chi connectivity index (χ3n) is 1.35. The molecule has 1 aromatic rings. The van der Waals surface area contributed by atoms with E-state index in [1.807, 2.05) is 0 Å². The summed E-state index contributed by atoms with van der Waals surface area (Å²) in [5.74, 6) is -0.952. The van der Waals surface area contributed by atoms with Crippen molar-refractivity contribution in [2.24, 2.45) is 0 Å². The highest BCUT2D eigenvalue weighted by molar-refractivity contribution is 5.85. The van der Waals surface area contributed by atoms with Gasteiger partial charge in [-0.25, -0.2) is 4.79 Å². The molecule has 0 radical (unpaired) electrons. The van der Waals surface area contributed by atoms with Crippen molar-refractivity contribution in [3.8, 4) is 0 Å². The van der Waals surface area contributed by atoms with Crippen LogP contribution < -0.4 is 5.73 Å². The Morgan fingerprint density at radius 2 is 1.79 bits per heavy atom. The van der Waals surface area contributed by atoms with Gasteiger partial charge in [-0.1, -0.05) is 12.1 Å². The fraction of sp³-hybridized carbons (Fsp3) is 0.100. The number of rotatable bonds is 2. The minimum absolute atomic E-state index is 0.669. The van der Waals surface area contributed by atoms with E-state index in [1.165, 1.54) is 6.08 Å². The van der Waals surface area contributed by atoms with Crippen molar-refractivity contribution < 1.29 is 15.0 Å². The third-order valence-corrected chi connectivity index (χ3v) is 1.35. The number of carboxylic acids is 1. The van der Waals surface area contributed by atoms with Crippen LogP contribution in [0.4, 0.5) is 5.69 Å². The maximum Gasteiger partial charge on any atom is 0.328 e. The van der Waals surface area contributed by atoms with Gasteiger partial charge >= 0.3 is 5.97 Å². The molecule has 0 saturated carbocycles. The normalized spacial score (nSPS) is 9.29. The Kier molecular flexibility index (Phi) is 5.82. The largest absolute Gasteiger partial charge is 0.478 e. The first kappa shape index (κ1) is 12.2. The summed E-state index contributed by atoms with van der Waals surface area (Å²) in [4.78, 5) is 10.1. The van der Waals surface area contributed by atoms with Gasteiger partial charge in [-0.3, -0.25) is 0 Å². The van der Waals surface area contributed by atoms with Crippen LogP contribution in [-0.4, -0.2) is 23.3 Å². The van der Waals surface area contributed by atoms with E-state index in [2.05, 4.69) is 0 Å². The molecule has 0 saturated heterocycles. The molecule has 0 aliphatic rings. The second-order valence-corrected chi connectivity index (χ2v) is 2.34. The Morgan fingerprint density at radius 3 is 2.21 bits per heavy atom. The molecule has 0 spiro atoms. The molecule has 76 valence electrons. The summed E-state index contributed by atoms with van der Waals surface area (Å²) < 4.78 is 0. The van der Waals surface area contributed by atoms with E-state index >= 15 is 0 Å². The van der Waals surface area contributed by atoms with Crippen LogP contribution in [0.1, 0.15) is 5.56 Å². The standard InChI is InChI=1S/C9H9NO2.CH4O/c10-8-4-1-7(2-5-8)3-6-9(11)12;1-2/h1-6H,10H2,(H,11,12);2H,1H3/b6-3+;. The summed E-state index contributed by atoms with van der Waals surface area (Å²) in [5.41, 5.74) is 6.94. The summed E-state index contributed by atoms with van der Waals surface area (Å²) >= 11 is 0. The molecule has 4 heteroatoms. The number of aliphatic hydroxyl groups is 1. The van der Waals surface area contributed by atoms with E-state index < -0.39 is 5.97 Å². The highest BCUT2D eigenvalue weighted by Gasteiger charge is 1.88. The van der Waals surface area contributed by atoms with Crippen molar-refractivity contribution >= 4 is 17.7 Å². The van der Waals surface area contributed by atoms with Gasteiger partial charge in [0.25, 0.3) is 0 Å². The van der Waals surface area contributed by atoms with Crippen molar-refractivity contribution in [2.75, 3.05) is 12.8 Å². The first-order chi connectivity index (χ1) is 6.68. The smallest absolute Gasteiger partial charge is 0.328 e. The Labute approximate surface area is 82.3 Å². The van der Waals surface area contributed by atoms with Crippen LogP contribution in [0.5, 0.6) is 0 Å². The number of hydrogen-bond acceptors (Lipinski definition) is 3. The highest BCUT2D eigenvalue weighted by atomic mass is 16.4. The quantitative estimate of drug-likeness (QED) is 0.485. The molecule has 0 unspecified atom stereocenters. The molecule has 0 heterocycles. The maximum absolute atomic E-state index is 10.1. The number of hydrogen-bond donors (Lipinski definition) is 3. The molecule has 0 aromatic heterocycles. The monoisotopic (exact) mass is 195 g/mol. The Balaban J connectivity index is 0.000000791. The summed E-state index contributed by atoms with van der Waals surface area (Å²) in [6.45, 7) is 0. The van der Waals surface area contributed by atoms with Gasteiger partial charge in [-0.15, -0.1) is 0 Å². The van der Waals surface area contributed by atoms with Crippen LogP contribution in [0, 0.1) is 0 Å². The third kappa shape index (κ3) is 4.95. The molecule has 1 rings (SSSR count). The number of aliphatic carboxylic acids is 1. The molecule has 0 aliphatic heterocycles. The molecule has 0 fully saturated rings. The Bertz CT molecular complexity index is 304. The number of aliphatic hydroxyl groups excluding tert-OH is 1. The second-order valence-electron chi connectivity index (χ2n) is 2.34. The number of anilines is 1. The number of nitrogen functional groups attached to an aromatic ring is 1. The molecule has 0 aliphatic carbocycles. The van der Waals surface area contributed by atoms with Crippen molar-refractivity contribution in [1.29, 1.82) is 0 Å². The van der Waals surface area contributed by atoms with Crippen LogP contribution in [-0.2, 0) is 4.79 Å². The predicted molar refractivity (Wildman–Crippen MR) is 55.7 cm³/mol. The lowest BCUT2D eigenvalue weighted by Gasteiger charge is -1.92. The molecule has 4 nitrogen and oxygen atoms in total. The van der Waals surface area contributed by atoms with Crippen LogP contribution in [0.15, 0.2) is 30.3 Å². The number of carboxylic acid groups (broad SMARTS) is 1. The zero-order valence-electron chi connectivity index (χ0n) is 7.84. The van der Waals surface area contributed by atoms with Gasteiger partial charge < -0.3 is 15.9 Å². The molecule has 0 atom stereocenters. The Morgan fingerprint density at radius 1 is 1.29 bits per heavy atom. The first-order valence-electron chi connectivity index (χ1n) is 3.90.